The van der Waals surface area contributed by atoms with Crippen LogP contribution in [0.5, 0.6) is 0 Å². The molecule has 2 heterocycles. The monoisotopic (exact) mass is 333 g/mol. The zero-order chi connectivity index (χ0) is 18.1. The molecule has 8 heteroatoms. The van der Waals surface area contributed by atoms with Gasteiger partial charge in [-0.05, 0) is 41.5 Å². The molecule has 8 nitrogen and oxygen atoms in total. The predicted molar refractivity (Wildman–Crippen MR) is 87.4 cm³/mol. The van der Waals surface area contributed by atoms with Crippen LogP contribution in [0.15, 0.2) is 6.33 Å². The summed E-state index contributed by atoms with van der Waals surface area (Å²) < 4.78 is 6.82. The van der Waals surface area contributed by atoms with Gasteiger partial charge < -0.3 is 10.1 Å². The van der Waals surface area contributed by atoms with E-state index in [1.165, 1.54) is 6.33 Å². The van der Waals surface area contributed by atoms with Crippen LogP contribution in [-0.4, -0.2) is 43.1 Å². The van der Waals surface area contributed by atoms with Crippen LogP contribution in [-0.2, 0) is 20.7 Å². The lowest BCUT2D eigenvalue weighted by molar-refractivity contribution is -0.154. The molecule has 1 atom stereocenters. The molecule has 2 rings (SSSR count). The molecule has 0 aliphatic carbocycles. The predicted octanol–water partition coefficient (Wildman–Crippen LogP) is 1.13. The summed E-state index contributed by atoms with van der Waals surface area (Å²) in [5, 5.41) is 6.86. The maximum atomic E-state index is 12.2. The Labute approximate surface area is 140 Å². The van der Waals surface area contributed by atoms with E-state index in [1.54, 1.807) is 18.4 Å². The highest BCUT2D eigenvalue weighted by molar-refractivity contribution is 5.84. The summed E-state index contributed by atoms with van der Waals surface area (Å²) in [6.07, 6.45) is 0.573. The van der Waals surface area contributed by atoms with Crippen LogP contribution in [0.4, 0.5) is 0 Å². The first-order valence-electron chi connectivity index (χ1n) is 7.76. The van der Waals surface area contributed by atoms with Gasteiger partial charge in [0, 0.05) is 22.5 Å². The van der Waals surface area contributed by atoms with Crippen molar-refractivity contribution in [3.05, 3.63) is 23.3 Å². The number of rotatable bonds is 4. The number of nitrogens with one attached hydrogen (secondary N) is 1. The number of hydrogen-bond donors (Lipinski definition) is 1. The highest BCUT2D eigenvalue weighted by Crippen LogP contribution is 2.14. The summed E-state index contributed by atoms with van der Waals surface area (Å²) in [6, 6.07) is 0. The van der Waals surface area contributed by atoms with Gasteiger partial charge >= 0.3 is 5.97 Å². The molecule has 0 fully saturated rings. The van der Waals surface area contributed by atoms with Crippen molar-refractivity contribution in [2.75, 3.05) is 0 Å². The minimum absolute atomic E-state index is 0.0214. The first-order valence-corrected chi connectivity index (χ1v) is 7.76. The van der Waals surface area contributed by atoms with Crippen molar-refractivity contribution in [1.29, 1.82) is 0 Å². The van der Waals surface area contributed by atoms with Crippen molar-refractivity contribution >= 4 is 17.7 Å². The van der Waals surface area contributed by atoms with Crippen LogP contribution in [0.3, 0.4) is 0 Å². The van der Waals surface area contributed by atoms with Crippen molar-refractivity contribution in [3.8, 4) is 0 Å². The molecule has 0 saturated carbocycles. The van der Waals surface area contributed by atoms with Gasteiger partial charge in [0.2, 0.25) is 0 Å². The number of esters is 1. The standard InChI is InChI=1S/C16H23N5O3/c1-9-12(10(2)21-15(19-9)17-8-18-21)7-13(22)24-11(3)14(23)20-16(4,5)6/h8,11H,7H2,1-6H3,(H,20,23)/t11-/m0/s1. The molecule has 0 saturated heterocycles. The molecule has 0 spiro atoms. The molecule has 0 radical (unpaired) electrons. The highest BCUT2D eigenvalue weighted by atomic mass is 16.5. The Hall–Kier alpha value is -2.51. The number of ether oxygens (including phenoxy) is 1. The normalized spacial score (nSPS) is 12.9. The molecule has 0 bridgehead atoms. The minimum Gasteiger partial charge on any atom is -0.452 e. The SMILES string of the molecule is Cc1nc2ncnn2c(C)c1CC(=O)O[C@@H](C)C(=O)NC(C)(C)C. The van der Waals surface area contributed by atoms with E-state index in [1.807, 2.05) is 27.7 Å². The van der Waals surface area contributed by atoms with Gasteiger partial charge in [-0.2, -0.15) is 10.1 Å². The highest BCUT2D eigenvalue weighted by Gasteiger charge is 2.23. The van der Waals surface area contributed by atoms with E-state index in [4.69, 9.17) is 4.74 Å². The molecule has 0 aromatic carbocycles. The third-order valence-electron chi connectivity index (χ3n) is 3.49. The van der Waals surface area contributed by atoms with Gasteiger partial charge in [-0.15, -0.1) is 0 Å². The van der Waals surface area contributed by atoms with Crippen LogP contribution in [0.2, 0.25) is 0 Å². The second-order valence-corrected chi connectivity index (χ2v) is 6.78. The molecule has 0 unspecified atom stereocenters. The zero-order valence-electron chi connectivity index (χ0n) is 14.9. The van der Waals surface area contributed by atoms with Crippen molar-refractivity contribution in [1.82, 2.24) is 24.9 Å². The van der Waals surface area contributed by atoms with Crippen molar-refractivity contribution in [2.24, 2.45) is 0 Å². The van der Waals surface area contributed by atoms with Crippen LogP contribution in [0, 0.1) is 13.8 Å². The fraction of sp³-hybridized carbons (Fsp3) is 0.562. The molecule has 2 aromatic rings. The smallest absolute Gasteiger partial charge is 0.311 e. The summed E-state index contributed by atoms with van der Waals surface area (Å²) >= 11 is 0. The molecule has 130 valence electrons. The molecule has 1 amide bonds. The van der Waals surface area contributed by atoms with Gasteiger partial charge in [0.05, 0.1) is 6.42 Å². The Morgan fingerprint density at radius 3 is 2.62 bits per heavy atom. The quantitative estimate of drug-likeness (QED) is 0.842. The lowest BCUT2D eigenvalue weighted by atomic mass is 10.1. The fourth-order valence-electron chi connectivity index (χ4n) is 2.32. The van der Waals surface area contributed by atoms with Crippen molar-refractivity contribution in [2.45, 2.75) is 59.6 Å². The van der Waals surface area contributed by atoms with E-state index in [9.17, 15) is 9.59 Å². The molecular weight excluding hydrogens is 310 g/mol. The summed E-state index contributed by atoms with van der Waals surface area (Å²) in [7, 11) is 0. The summed E-state index contributed by atoms with van der Waals surface area (Å²) in [4.78, 5) is 32.5. The van der Waals surface area contributed by atoms with Crippen LogP contribution in [0.25, 0.3) is 5.78 Å². The van der Waals surface area contributed by atoms with E-state index < -0.39 is 12.1 Å². The van der Waals surface area contributed by atoms with Crippen molar-refractivity contribution < 1.29 is 14.3 Å². The van der Waals surface area contributed by atoms with E-state index in [0.29, 0.717) is 11.5 Å². The fourth-order valence-corrected chi connectivity index (χ4v) is 2.32. The number of amides is 1. The number of aromatic nitrogens is 4. The van der Waals surface area contributed by atoms with E-state index in [0.717, 1.165) is 11.3 Å². The zero-order valence-corrected chi connectivity index (χ0v) is 14.9. The number of carbonyl (C=O) groups excluding carboxylic acids is 2. The second-order valence-electron chi connectivity index (χ2n) is 6.78. The molecule has 1 N–H and O–H groups in total. The van der Waals surface area contributed by atoms with E-state index in [-0.39, 0.29) is 17.9 Å². The first kappa shape index (κ1) is 17.8. The van der Waals surface area contributed by atoms with Crippen LogP contribution >= 0.6 is 0 Å². The van der Waals surface area contributed by atoms with Gasteiger partial charge in [0.15, 0.2) is 6.10 Å². The molecule has 0 aliphatic rings. The first-order chi connectivity index (χ1) is 11.1. The van der Waals surface area contributed by atoms with Crippen molar-refractivity contribution in [3.63, 3.8) is 0 Å². The molecule has 2 aromatic heterocycles. The maximum Gasteiger partial charge on any atom is 0.311 e. The second kappa shape index (κ2) is 6.54. The summed E-state index contributed by atoms with van der Waals surface area (Å²) in [6.45, 7) is 10.8. The van der Waals surface area contributed by atoms with Crippen LogP contribution in [0.1, 0.15) is 44.6 Å². The van der Waals surface area contributed by atoms with E-state index in [2.05, 4.69) is 20.4 Å². The Bertz CT molecular complexity index is 776. The Kier molecular flexibility index (Phi) is 4.86. The van der Waals surface area contributed by atoms with Gasteiger partial charge in [-0.25, -0.2) is 9.50 Å². The summed E-state index contributed by atoms with van der Waals surface area (Å²) in [5.41, 5.74) is 1.81. The lowest BCUT2D eigenvalue weighted by Crippen LogP contribution is -2.46. The average molecular weight is 333 g/mol. The number of carbonyl (C=O) groups is 2. The average Bonchev–Trinajstić information content (AvgIpc) is 2.89. The number of hydrogen-bond acceptors (Lipinski definition) is 6. The largest absolute Gasteiger partial charge is 0.452 e. The summed E-state index contributed by atoms with van der Waals surface area (Å²) in [5.74, 6) is -0.326. The Balaban J connectivity index is 2.09. The number of aryl methyl sites for hydroxylation is 2. The topological polar surface area (TPSA) is 98.5 Å². The Morgan fingerprint density at radius 1 is 1.33 bits per heavy atom. The van der Waals surface area contributed by atoms with Crippen LogP contribution < -0.4 is 5.32 Å². The third-order valence-corrected chi connectivity index (χ3v) is 3.49. The van der Waals surface area contributed by atoms with E-state index >= 15 is 0 Å². The van der Waals surface area contributed by atoms with Gasteiger partial charge in [-0.1, -0.05) is 0 Å². The van der Waals surface area contributed by atoms with Gasteiger partial charge in [-0.3, -0.25) is 9.59 Å². The number of nitrogens with zero attached hydrogens (tertiary/aromatic N) is 4. The number of fused-ring (bicyclic) bond motifs is 1. The Morgan fingerprint density at radius 2 is 2.00 bits per heavy atom. The molecule has 24 heavy (non-hydrogen) atoms. The minimum atomic E-state index is -0.861. The van der Waals surface area contributed by atoms with Gasteiger partial charge in [0.1, 0.15) is 6.33 Å². The molecule has 0 aliphatic heterocycles. The molecular formula is C16H23N5O3. The lowest BCUT2D eigenvalue weighted by Gasteiger charge is -2.23. The maximum absolute atomic E-state index is 12.2. The van der Waals surface area contributed by atoms with Gasteiger partial charge in [0.25, 0.3) is 11.7 Å². The third kappa shape index (κ3) is 4.06.